The van der Waals surface area contributed by atoms with E-state index in [1.807, 2.05) is 24.6 Å². The average molecular weight is 308 g/mol. The summed E-state index contributed by atoms with van der Waals surface area (Å²) >= 11 is 0. The number of fused-ring (bicyclic) bond motifs is 2. The van der Waals surface area contributed by atoms with Gasteiger partial charge < -0.3 is 10.8 Å². The molecule has 1 unspecified atom stereocenters. The molecule has 23 heavy (non-hydrogen) atoms. The molecule has 0 saturated carbocycles. The third-order valence-corrected chi connectivity index (χ3v) is 3.96. The Hall–Kier alpha value is -2.96. The van der Waals surface area contributed by atoms with E-state index in [1.165, 1.54) is 6.33 Å². The van der Waals surface area contributed by atoms with Crippen LogP contribution < -0.4 is 16.3 Å². The summed E-state index contributed by atoms with van der Waals surface area (Å²) in [5, 5.41) is 16.7. The Morgan fingerprint density at radius 3 is 2.87 bits per heavy atom. The summed E-state index contributed by atoms with van der Waals surface area (Å²) in [5.74, 6) is 0.625. The predicted octanol–water partition coefficient (Wildman–Crippen LogP) is 0.850. The zero-order valence-corrected chi connectivity index (χ0v) is 12.8. The Labute approximate surface area is 131 Å². The van der Waals surface area contributed by atoms with E-state index in [1.54, 1.807) is 18.2 Å². The van der Waals surface area contributed by atoms with Crippen molar-refractivity contribution in [2.24, 2.45) is 4.99 Å². The van der Waals surface area contributed by atoms with Crippen molar-refractivity contribution in [1.29, 1.82) is 0 Å². The molecule has 1 aromatic carbocycles. The zero-order valence-electron chi connectivity index (χ0n) is 12.8. The fourth-order valence-corrected chi connectivity index (χ4v) is 2.95. The number of hydrogen-bond donors (Lipinski definition) is 2. The molecule has 1 aliphatic rings. The summed E-state index contributed by atoms with van der Waals surface area (Å²) in [5.41, 5.74) is 7.52. The van der Waals surface area contributed by atoms with Gasteiger partial charge in [0, 0.05) is 11.3 Å². The minimum Gasteiger partial charge on any atom is -0.508 e. The lowest BCUT2D eigenvalue weighted by Crippen LogP contribution is -2.19. The average Bonchev–Trinajstić information content (AvgIpc) is 3.08. The SMILES string of the molecule is CC(C)n1nc2ncnc(N)c2c1C1C=c2cc(O)ccc2=N1. The van der Waals surface area contributed by atoms with Crippen molar-refractivity contribution in [3.63, 3.8) is 0 Å². The van der Waals surface area contributed by atoms with Gasteiger partial charge >= 0.3 is 0 Å². The standard InChI is InChI=1S/C16H16N6O/c1-8(2)22-14(13-15(17)18-7-19-16(13)21-22)12-6-9-5-10(23)3-4-11(9)20-12/h3-8,12,23H,1-2H3,(H2,17,18,19,21). The molecule has 7 nitrogen and oxygen atoms in total. The number of phenolic OH excluding ortho intramolecular Hbond substituents is 1. The summed E-state index contributed by atoms with van der Waals surface area (Å²) in [7, 11) is 0. The molecular weight excluding hydrogens is 292 g/mol. The minimum absolute atomic E-state index is 0.138. The van der Waals surface area contributed by atoms with Gasteiger partial charge in [-0.3, -0.25) is 9.67 Å². The van der Waals surface area contributed by atoms with Crippen LogP contribution in [0.15, 0.2) is 29.5 Å². The summed E-state index contributed by atoms with van der Waals surface area (Å²) in [4.78, 5) is 13.0. The summed E-state index contributed by atoms with van der Waals surface area (Å²) in [6.07, 6.45) is 3.41. The van der Waals surface area contributed by atoms with Crippen LogP contribution in [0.1, 0.15) is 31.6 Å². The second kappa shape index (κ2) is 4.77. The van der Waals surface area contributed by atoms with Crippen LogP contribution in [-0.4, -0.2) is 24.9 Å². The number of nitrogens with two attached hydrogens (primary N) is 1. The first-order valence-electron chi connectivity index (χ1n) is 7.42. The molecule has 0 saturated heterocycles. The van der Waals surface area contributed by atoms with E-state index >= 15 is 0 Å². The van der Waals surface area contributed by atoms with E-state index in [2.05, 4.69) is 15.1 Å². The van der Waals surface area contributed by atoms with E-state index in [4.69, 9.17) is 10.7 Å². The molecule has 116 valence electrons. The maximum Gasteiger partial charge on any atom is 0.186 e. The van der Waals surface area contributed by atoms with Crippen LogP contribution in [0.5, 0.6) is 5.75 Å². The summed E-state index contributed by atoms with van der Waals surface area (Å²) in [6.45, 7) is 4.10. The number of anilines is 1. The van der Waals surface area contributed by atoms with Crippen LogP contribution in [0, 0.1) is 0 Å². The zero-order chi connectivity index (χ0) is 16.1. The Morgan fingerprint density at radius 2 is 2.09 bits per heavy atom. The van der Waals surface area contributed by atoms with Crippen molar-refractivity contribution >= 4 is 22.9 Å². The van der Waals surface area contributed by atoms with Gasteiger partial charge in [-0.1, -0.05) is 0 Å². The largest absolute Gasteiger partial charge is 0.508 e. The molecule has 0 spiro atoms. The van der Waals surface area contributed by atoms with E-state index in [0.29, 0.717) is 11.5 Å². The lowest BCUT2D eigenvalue weighted by atomic mass is 10.1. The van der Waals surface area contributed by atoms with Crippen molar-refractivity contribution in [1.82, 2.24) is 19.7 Å². The van der Waals surface area contributed by atoms with Crippen LogP contribution in [0.25, 0.3) is 17.1 Å². The van der Waals surface area contributed by atoms with Crippen LogP contribution in [0.4, 0.5) is 5.82 Å². The van der Waals surface area contributed by atoms with Crippen molar-refractivity contribution in [2.75, 3.05) is 5.73 Å². The Balaban J connectivity index is 2.01. The third kappa shape index (κ3) is 2.04. The highest BCUT2D eigenvalue weighted by molar-refractivity contribution is 5.89. The Bertz CT molecular complexity index is 1040. The van der Waals surface area contributed by atoms with Crippen molar-refractivity contribution in [3.8, 4) is 5.75 Å². The molecule has 0 amide bonds. The highest BCUT2D eigenvalue weighted by atomic mass is 16.3. The topological polar surface area (TPSA) is 102 Å². The summed E-state index contributed by atoms with van der Waals surface area (Å²) < 4.78 is 1.89. The number of nitrogen functional groups attached to an aromatic ring is 1. The van der Waals surface area contributed by atoms with Gasteiger partial charge in [0.1, 0.15) is 23.9 Å². The number of hydrogen-bond acceptors (Lipinski definition) is 6. The lowest BCUT2D eigenvalue weighted by Gasteiger charge is -2.13. The maximum atomic E-state index is 9.65. The van der Waals surface area contributed by atoms with Crippen LogP contribution in [0.3, 0.4) is 0 Å². The Morgan fingerprint density at radius 1 is 1.26 bits per heavy atom. The number of aromatic hydroxyl groups is 1. The van der Waals surface area contributed by atoms with Gasteiger partial charge in [0.2, 0.25) is 0 Å². The van der Waals surface area contributed by atoms with Crippen molar-refractivity contribution in [3.05, 3.63) is 40.8 Å². The van der Waals surface area contributed by atoms with Crippen LogP contribution in [0.2, 0.25) is 0 Å². The fraction of sp³-hybridized carbons (Fsp3) is 0.250. The number of rotatable bonds is 2. The molecule has 1 aliphatic heterocycles. The fourth-order valence-electron chi connectivity index (χ4n) is 2.95. The van der Waals surface area contributed by atoms with Gasteiger partial charge in [-0.05, 0) is 38.1 Å². The van der Waals surface area contributed by atoms with Crippen LogP contribution >= 0.6 is 0 Å². The number of phenols is 1. The molecular formula is C16H16N6O. The second-order valence-corrected chi connectivity index (χ2v) is 5.86. The number of benzene rings is 1. The molecule has 0 bridgehead atoms. The monoisotopic (exact) mass is 308 g/mol. The number of nitrogens with zero attached hydrogens (tertiary/aromatic N) is 5. The molecule has 4 rings (SSSR count). The molecule has 3 heterocycles. The molecule has 2 aromatic heterocycles. The maximum absolute atomic E-state index is 9.65. The Kier molecular flexibility index (Phi) is 2.84. The third-order valence-electron chi connectivity index (χ3n) is 3.96. The molecule has 3 N–H and O–H groups in total. The summed E-state index contributed by atoms with van der Waals surface area (Å²) in [6, 6.07) is 5.05. The van der Waals surface area contributed by atoms with Gasteiger partial charge in [-0.25, -0.2) is 9.97 Å². The predicted molar refractivity (Wildman–Crippen MR) is 86.2 cm³/mol. The molecule has 7 heteroatoms. The van der Waals surface area contributed by atoms with Gasteiger partial charge in [-0.15, -0.1) is 0 Å². The van der Waals surface area contributed by atoms with Gasteiger partial charge in [0.05, 0.1) is 16.4 Å². The van der Waals surface area contributed by atoms with Crippen molar-refractivity contribution < 1.29 is 5.11 Å². The van der Waals surface area contributed by atoms with E-state index in [-0.39, 0.29) is 17.8 Å². The molecule has 3 aromatic rings. The smallest absolute Gasteiger partial charge is 0.186 e. The number of aromatic nitrogens is 4. The first kappa shape index (κ1) is 13.7. The van der Waals surface area contributed by atoms with Crippen molar-refractivity contribution in [2.45, 2.75) is 25.9 Å². The highest BCUT2D eigenvalue weighted by Gasteiger charge is 2.24. The molecule has 0 aliphatic carbocycles. The molecule has 0 fully saturated rings. The van der Waals surface area contributed by atoms with Gasteiger partial charge in [0.15, 0.2) is 5.65 Å². The quantitative estimate of drug-likeness (QED) is 0.730. The van der Waals surface area contributed by atoms with Crippen LogP contribution in [-0.2, 0) is 0 Å². The van der Waals surface area contributed by atoms with E-state index in [9.17, 15) is 5.11 Å². The molecule has 0 radical (unpaired) electrons. The minimum atomic E-state index is -0.229. The van der Waals surface area contributed by atoms with Gasteiger partial charge in [-0.2, -0.15) is 5.10 Å². The highest BCUT2D eigenvalue weighted by Crippen LogP contribution is 2.32. The van der Waals surface area contributed by atoms with E-state index < -0.39 is 0 Å². The second-order valence-electron chi connectivity index (χ2n) is 5.86. The van der Waals surface area contributed by atoms with E-state index in [0.717, 1.165) is 21.7 Å². The first-order valence-corrected chi connectivity index (χ1v) is 7.42. The molecule has 1 atom stereocenters. The lowest BCUT2D eigenvalue weighted by molar-refractivity contribution is 0.474. The normalized spacial score (nSPS) is 16.4. The first-order chi connectivity index (χ1) is 11.0. The van der Waals surface area contributed by atoms with Gasteiger partial charge in [0.25, 0.3) is 0 Å².